The summed E-state index contributed by atoms with van der Waals surface area (Å²) in [6.45, 7) is 13.7. The fourth-order valence-electron chi connectivity index (χ4n) is 9.95. The molecule has 5 rings (SSSR count). The van der Waals surface area contributed by atoms with Gasteiger partial charge in [0.2, 0.25) is 0 Å². The summed E-state index contributed by atoms with van der Waals surface area (Å²) in [5.41, 5.74) is -1.77. The van der Waals surface area contributed by atoms with Gasteiger partial charge in [0.1, 0.15) is 30.0 Å². The SMILES string of the molecule is CC(=O)OC1CC2C(OC(C)=O)C3C4(CO4)C(OC(=O)CC(c4ccccc4)N(C)C)CC(OC(C)=O)C3(C)C(OC(C)=O)C(OC(C)=O)C(=C1C)C2(C)C. The standard InChI is InChI=1S/C41H55NO13/c1-21-30(50-22(2)43)17-28-35(52-24(4)45)37-40(9,38(54-26(6)47)36(53-25(5)46)34(21)39(28,7)8)31(51-23(3)44)19-32(41(37)20-49-41)55-33(48)18-29(42(10)11)27-15-13-12-14-16-27/h12-16,28-32,35-38H,17-20H2,1-11H3. The van der Waals surface area contributed by atoms with Crippen molar-refractivity contribution in [1.82, 2.24) is 4.90 Å². The smallest absolute Gasteiger partial charge is 0.308 e. The molecule has 1 saturated heterocycles. The van der Waals surface area contributed by atoms with Crippen molar-refractivity contribution >= 4 is 35.8 Å². The fraction of sp³-hybridized carbons (Fsp3) is 0.659. The fourth-order valence-corrected chi connectivity index (χ4v) is 9.95. The summed E-state index contributed by atoms with van der Waals surface area (Å²) in [5.74, 6) is -5.41. The Morgan fingerprint density at radius 2 is 1.33 bits per heavy atom. The van der Waals surface area contributed by atoms with Crippen LogP contribution in [0, 0.1) is 22.7 Å². The molecule has 14 nitrogen and oxygen atoms in total. The highest BCUT2D eigenvalue weighted by Gasteiger charge is 2.78. The lowest BCUT2D eigenvalue weighted by Gasteiger charge is -2.62. The van der Waals surface area contributed by atoms with Gasteiger partial charge in [-0.2, -0.15) is 0 Å². The molecule has 2 bridgehead atoms. The summed E-state index contributed by atoms with van der Waals surface area (Å²) in [6, 6.07) is 9.21. The van der Waals surface area contributed by atoms with E-state index in [-0.39, 0.29) is 31.9 Å². The highest BCUT2D eigenvalue weighted by molar-refractivity contribution is 5.72. The average Bonchev–Trinajstić information content (AvgIpc) is 3.85. The van der Waals surface area contributed by atoms with Crippen LogP contribution in [-0.2, 0) is 61.9 Å². The lowest BCUT2D eigenvalue weighted by atomic mass is 9.47. The Morgan fingerprint density at radius 3 is 1.84 bits per heavy atom. The van der Waals surface area contributed by atoms with Crippen molar-refractivity contribution in [2.45, 2.75) is 130 Å². The van der Waals surface area contributed by atoms with E-state index < -0.39 is 101 Å². The molecule has 2 saturated carbocycles. The number of epoxide rings is 1. The number of esters is 6. The second kappa shape index (κ2) is 15.7. The molecule has 14 heteroatoms. The van der Waals surface area contributed by atoms with Crippen molar-refractivity contribution in [1.29, 1.82) is 0 Å². The molecule has 3 aliphatic carbocycles. The summed E-state index contributed by atoms with van der Waals surface area (Å²) < 4.78 is 43.5. The van der Waals surface area contributed by atoms with Gasteiger partial charge in [-0.15, -0.1) is 0 Å². The number of fused-ring (bicyclic) bond motifs is 4. The van der Waals surface area contributed by atoms with Gasteiger partial charge in [-0.05, 0) is 49.6 Å². The predicted molar refractivity (Wildman–Crippen MR) is 195 cm³/mol. The Kier molecular flexibility index (Phi) is 11.9. The van der Waals surface area contributed by atoms with Gasteiger partial charge < -0.3 is 38.1 Å². The van der Waals surface area contributed by atoms with Crippen molar-refractivity contribution in [3.63, 3.8) is 0 Å². The quantitative estimate of drug-likeness (QED) is 0.142. The summed E-state index contributed by atoms with van der Waals surface area (Å²) >= 11 is 0. The number of benzene rings is 1. The maximum Gasteiger partial charge on any atom is 0.308 e. The van der Waals surface area contributed by atoms with E-state index in [1.165, 1.54) is 34.6 Å². The Hall–Kier alpha value is -4.30. The van der Waals surface area contributed by atoms with Crippen LogP contribution in [-0.4, -0.2) is 104 Å². The number of hydrogen-bond donors (Lipinski definition) is 0. The van der Waals surface area contributed by atoms with Gasteiger partial charge in [0.05, 0.1) is 18.4 Å². The molecule has 1 aromatic rings. The number of carbonyl (C=O) groups is 6. The van der Waals surface area contributed by atoms with E-state index in [0.29, 0.717) is 11.1 Å². The number of rotatable bonds is 10. The Bertz CT molecular complexity index is 1710. The number of ether oxygens (including phenoxy) is 7. The summed E-state index contributed by atoms with van der Waals surface area (Å²) in [6.07, 6.45) is -6.61. The first-order chi connectivity index (χ1) is 25.6. The molecule has 11 unspecified atom stereocenters. The second-order valence-corrected chi connectivity index (χ2v) is 16.4. The van der Waals surface area contributed by atoms with Crippen molar-refractivity contribution in [2.24, 2.45) is 22.7 Å². The second-order valence-electron chi connectivity index (χ2n) is 16.4. The van der Waals surface area contributed by atoms with E-state index >= 15 is 0 Å². The minimum absolute atomic E-state index is 0.0190. The van der Waals surface area contributed by atoms with Crippen molar-refractivity contribution < 1.29 is 61.9 Å². The van der Waals surface area contributed by atoms with Gasteiger partial charge >= 0.3 is 35.8 Å². The van der Waals surface area contributed by atoms with E-state index in [4.69, 9.17) is 33.2 Å². The van der Waals surface area contributed by atoms with Gasteiger partial charge in [-0.25, -0.2) is 0 Å². The van der Waals surface area contributed by atoms with Crippen LogP contribution in [0.15, 0.2) is 41.5 Å². The molecular formula is C41H55NO13. The first kappa shape index (κ1) is 41.9. The van der Waals surface area contributed by atoms with Crippen LogP contribution in [0.5, 0.6) is 0 Å². The molecule has 11 atom stereocenters. The predicted octanol–water partition coefficient (Wildman–Crippen LogP) is 4.42. The van der Waals surface area contributed by atoms with Crippen LogP contribution >= 0.6 is 0 Å². The average molecular weight is 770 g/mol. The van der Waals surface area contributed by atoms with Gasteiger partial charge in [0, 0.05) is 58.9 Å². The molecule has 1 spiro atoms. The van der Waals surface area contributed by atoms with Crippen LogP contribution in [0.1, 0.15) is 93.2 Å². The number of nitrogens with zero attached hydrogens (tertiary/aromatic N) is 1. The van der Waals surface area contributed by atoms with Gasteiger partial charge in [-0.1, -0.05) is 51.1 Å². The maximum atomic E-state index is 14.0. The lowest BCUT2D eigenvalue weighted by molar-refractivity contribution is -0.258. The van der Waals surface area contributed by atoms with Crippen molar-refractivity contribution in [3.05, 3.63) is 47.0 Å². The zero-order valence-corrected chi connectivity index (χ0v) is 33.7. The summed E-state index contributed by atoms with van der Waals surface area (Å²) in [4.78, 5) is 80.9. The molecular weight excluding hydrogens is 714 g/mol. The molecule has 1 aromatic carbocycles. The topological polar surface area (TPSA) is 174 Å². The maximum absolute atomic E-state index is 14.0. The van der Waals surface area contributed by atoms with E-state index in [1.54, 1.807) is 13.8 Å². The number of hydrogen-bond acceptors (Lipinski definition) is 14. The Morgan fingerprint density at radius 1 is 0.764 bits per heavy atom. The van der Waals surface area contributed by atoms with Crippen LogP contribution in [0.25, 0.3) is 0 Å². The first-order valence-electron chi connectivity index (χ1n) is 18.8. The van der Waals surface area contributed by atoms with Crippen LogP contribution < -0.4 is 0 Å². The van der Waals surface area contributed by atoms with Gasteiger partial charge in [0.25, 0.3) is 0 Å². The largest absolute Gasteiger partial charge is 0.462 e. The van der Waals surface area contributed by atoms with E-state index in [1.807, 2.05) is 63.2 Å². The Balaban J connectivity index is 1.75. The molecule has 0 aromatic heterocycles. The van der Waals surface area contributed by atoms with Gasteiger partial charge in [0.15, 0.2) is 12.2 Å². The molecule has 3 fully saturated rings. The zero-order chi connectivity index (χ0) is 40.8. The third-order valence-corrected chi connectivity index (χ3v) is 12.2. The van der Waals surface area contributed by atoms with E-state index in [9.17, 15) is 28.8 Å². The third kappa shape index (κ3) is 8.03. The summed E-state index contributed by atoms with van der Waals surface area (Å²) in [7, 11) is 3.73. The van der Waals surface area contributed by atoms with E-state index in [0.717, 1.165) is 5.56 Å². The molecule has 55 heavy (non-hydrogen) atoms. The first-order valence-corrected chi connectivity index (χ1v) is 18.8. The van der Waals surface area contributed by atoms with Crippen LogP contribution in [0.3, 0.4) is 0 Å². The lowest BCUT2D eigenvalue weighted by Crippen LogP contribution is -2.72. The normalized spacial score (nSPS) is 33.9. The minimum Gasteiger partial charge on any atom is -0.462 e. The number of carbonyl (C=O) groups excluding carboxylic acids is 6. The highest BCUT2D eigenvalue weighted by Crippen LogP contribution is 2.66. The van der Waals surface area contributed by atoms with Crippen LogP contribution in [0.2, 0.25) is 0 Å². The van der Waals surface area contributed by atoms with Gasteiger partial charge in [-0.3, -0.25) is 28.8 Å². The molecule has 1 aliphatic heterocycles. The monoisotopic (exact) mass is 769 g/mol. The molecule has 0 radical (unpaired) electrons. The zero-order valence-electron chi connectivity index (χ0n) is 33.7. The molecule has 0 N–H and O–H groups in total. The Labute approximate surface area is 322 Å². The third-order valence-electron chi connectivity index (χ3n) is 12.2. The van der Waals surface area contributed by atoms with Crippen molar-refractivity contribution in [3.8, 4) is 0 Å². The van der Waals surface area contributed by atoms with Crippen molar-refractivity contribution in [2.75, 3.05) is 20.7 Å². The van der Waals surface area contributed by atoms with Crippen LogP contribution in [0.4, 0.5) is 0 Å². The summed E-state index contributed by atoms with van der Waals surface area (Å²) in [5, 5.41) is 0. The highest BCUT2D eigenvalue weighted by atomic mass is 16.6. The molecule has 1 heterocycles. The molecule has 4 aliphatic rings. The molecule has 0 amide bonds. The minimum atomic E-state index is -1.50. The van der Waals surface area contributed by atoms with E-state index in [2.05, 4.69) is 0 Å². The molecule has 302 valence electrons.